The summed E-state index contributed by atoms with van der Waals surface area (Å²) in [6, 6.07) is 6.05. The van der Waals surface area contributed by atoms with Gasteiger partial charge in [-0.15, -0.1) is 0 Å². The molecule has 0 fully saturated rings. The van der Waals surface area contributed by atoms with Crippen LogP contribution in [-0.4, -0.2) is 25.7 Å². The van der Waals surface area contributed by atoms with Gasteiger partial charge in [-0.05, 0) is 50.0 Å². The van der Waals surface area contributed by atoms with Crippen LogP contribution in [0.25, 0.3) is 5.57 Å². The van der Waals surface area contributed by atoms with E-state index in [1.54, 1.807) is 6.92 Å². The quantitative estimate of drug-likeness (QED) is 0.385. The minimum atomic E-state index is -0.315. The predicted octanol–water partition coefficient (Wildman–Crippen LogP) is 4.64. The highest BCUT2D eigenvalue weighted by Gasteiger charge is 2.11. The highest BCUT2D eigenvalue weighted by molar-refractivity contribution is 5.91. The van der Waals surface area contributed by atoms with E-state index < -0.39 is 0 Å². The molecule has 134 valence electrons. The number of nitrogen functional groups attached to an aromatic ring is 1. The minimum Gasteiger partial charge on any atom is -0.463 e. The van der Waals surface area contributed by atoms with E-state index in [1.165, 1.54) is 18.9 Å². The summed E-state index contributed by atoms with van der Waals surface area (Å²) >= 11 is 0. The number of ether oxygens (including phenoxy) is 1. The molecule has 0 amide bonds. The van der Waals surface area contributed by atoms with Crippen LogP contribution in [0.3, 0.4) is 0 Å². The maximum atomic E-state index is 11.6. The number of unbranched alkanes of at least 4 members (excludes halogenated alkanes) is 2. The molecule has 0 saturated carbocycles. The van der Waals surface area contributed by atoms with Gasteiger partial charge < -0.3 is 15.4 Å². The molecular formula is C20H32N2O2. The van der Waals surface area contributed by atoms with Crippen LogP contribution < -0.4 is 10.6 Å². The van der Waals surface area contributed by atoms with Crippen LogP contribution in [0.4, 0.5) is 11.4 Å². The van der Waals surface area contributed by atoms with Crippen molar-refractivity contribution in [3.8, 4) is 0 Å². The molecule has 0 radical (unpaired) electrons. The van der Waals surface area contributed by atoms with Gasteiger partial charge in [-0.2, -0.15) is 0 Å². The Kier molecular flexibility index (Phi) is 8.98. The fourth-order valence-electron chi connectivity index (χ4n) is 2.58. The summed E-state index contributed by atoms with van der Waals surface area (Å²) in [5.74, 6) is -0.315. The largest absolute Gasteiger partial charge is 0.463 e. The first-order valence-corrected chi connectivity index (χ1v) is 9.03. The Balaban J connectivity index is 2.97. The van der Waals surface area contributed by atoms with Gasteiger partial charge >= 0.3 is 5.97 Å². The van der Waals surface area contributed by atoms with Crippen LogP contribution in [0.15, 0.2) is 24.3 Å². The topological polar surface area (TPSA) is 55.6 Å². The molecular weight excluding hydrogens is 300 g/mol. The minimum absolute atomic E-state index is 0.315. The van der Waals surface area contributed by atoms with Crippen LogP contribution in [0.1, 0.15) is 58.9 Å². The Labute approximate surface area is 146 Å². The lowest BCUT2D eigenvalue weighted by molar-refractivity contribution is -0.137. The second-order valence-electron chi connectivity index (χ2n) is 6.05. The zero-order valence-corrected chi connectivity index (χ0v) is 15.6. The van der Waals surface area contributed by atoms with Crippen molar-refractivity contribution < 1.29 is 9.53 Å². The number of benzene rings is 1. The van der Waals surface area contributed by atoms with Crippen molar-refractivity contribution in [1.82, 2.24) is 0 Å². The highest BCUT2D eigenvalue weighted by Crippen LogP contribution is 2.28. The Bertz CT molecular complexity index is 545. The van der Waals surface area contributed by atoms with Crippen molar-refractivity contribution in [3.63, 3.8) is 0 Å². The zero-order chi connectivity index (χ0) is 17.9. The number of esters is 1. The molecule has 0 aromatic heterocycles. The van der Waals surface area contributed by atoms with Crippen LogP contribution >= 0.6 is 0 Å². The van der Waals surface area contributed by atoms with E-state index in [1.807, 2.05) is 19.1 Å². The molecule has 0 saturated heterocycles. The molecule has 0 aliphatic rings. The van der Waals surface area contributed by atoms with Gasteiger partial charge in [0.25, 0.3) is 0 Å². The van der Waals surface area contributed by atoms with Gasteiger partial charge in [0.1, 0.15) is 0 Å². The number of nitrogens with two attached hydrogens (primary N) is 1. The fourth-order valence-corrected chi connectivity index (χ4v) is 2.58. The van der Waals surface area contributed by atoms with E-state index in [9.17, 15) is 4.79 Å². The maximum Gasteiger partial charge on any atom is 0.331 e. The van der Waals surface area contributed by atoms with Crippen molar-refractivity contribution in [3.05, 3.63) is 29.8 Å². The van der Waals surface area contributed by atoms with Crippen LogP contribution in [0.2, 0.25) is 0 Å². The number of carbonyl (C=O) groups excluding carboxylic acids is 1. The molecule has 24 heavy (non-hydrogen) atoms. The Hall–Kier alpha value is -1.97. The van der Waals surface area contributed by atoms with Crippen LogP contribution in [0.5, 0.6) is 0 Å². The summed E-state index contributed by atoms with van der Waals surface area (Å²) < 4.78 is 4.96. The first-order valence-electron chi connectivity index (χ1n) is 9.03. The van der Waals surface area contributed by atoms with Gasteiger partial charge in [0.15, 0.2) is 0 Å². The summed E-state index contributed by atoms with van der Waals surface area (Å²) in [4.78, 5) is 14.0. The number of hydrogen-bond acceptors (Lipinski definition) is 4. The molecule has 0 aliphatic carbocycles. The van der Waals surface area contributed by atoms with E-state index in [-0.39, 0.29) is 5.97 Å². The third kappa shape index (κ3) is 6.26. The van der Waals surface area contributed by atoms with Crippen molar-refractivity contribution in [1.29, 1.82) is 0 Å². The molecule has 1 rings (SSSR count). The van der Waals surface area contributed by atoms with Crippen LogP contribution in [-0.2, 0) is 9.53 Å². The van der Waals surface area contributed by atoms with E-state index in [0.717, 1.165) is 48.4 Å². The maximum absolute atomic E-state index is 11.6. The van der Waals surface area contributed by atoms with Gasteiger partial charge in [0.2, 0.25) is 0 Å². The lowest BCUT2D eigenvalue weighted by Crippen LogP contribution is -2.26. The first kappa shape index (κ1) is 20.1. The molecule has 4 nitrogen and oxygen atoms in total. The number of carbonyl (C=O) groups is 1. The molecule has 0 unspecified atom stereocenters. The Morgan fingerprint density at radius 3 is 2.29 bits per heavy atom. The monoisotopic (exact) mass is 332 g/mol. The number of allylic oxidation sites excluding steroid dienone is 1. The van der Waals surface area contributed by atoms with E-state index in [2.05, 4.69) is 24.8 Å². The average Bonchev–Trinajstić information content (AvgIpc) is 2.55. The molecule has 1 aromatic rings. The van der Waals surface area contributed by atoms with Crippen molar-refractivity contribution >= 4 is 22.9 Å². The number of hydrogen-bond donors (Lipinski definition) is 1. The number of anilines is 2. The number of rotatable bonds is 10. The summed E-state index contributed by atoms with van der Waals surface area (Å²) in [6.45, 7) is 10.5. The molecule has 0 bridgehead atoms. The normalized spacial score (nSPS) is 11.4. The molecule has 0 spiro atoms. The third-order valence-electron chi connectivity index (χ3n) is 4.01. The number of nitrogens with zero attached hydrogens (tertiary/aromatic N) is 1. The average molecular weight is 332 g/mol. The van der Waals surface area contributed by atoms with Gasteiger partial charge in [0, 0.05) is 19.2 Å². The lowest BCUT2D eigenvalue weighted by Gasteiger charge is -2.26. The fraction of sp³-hybridized carbons (Fsp3) is 0.550. The van der Waals surface area contributed by atoms with Crippen molar-refractivity contribution in [2.75, 3.05) is 30.3 Å². The molecule has 2 N–H and O–H groups in total. The van der Waals surface area contributed by atoms with Gasteiger partial charge in [0.05, 0.1) is 18.0 Å². The zero-order valence-electron chi connectivity index (χ0n) is 15.6. The van der Waals surface area contributed by atoms with Gasteiger partial charge in [-0.25, -0.2) is 4.79 Å². The molecule has 4 heteroatoms. The lowest BCUT2D eigenvalue weighted by atomic mass is 10.0. The van der Waals surface area contributed by atoms with E-state index >= 15 is 0 Å². The predicted molar refractivity (Wildman–Crippen MR) is 103 cm³/mol. The summed E-state index contributed by atoms with van der Waals surface area (Å²) in [5.41, 5.74) is 9.97. The highest BCUT2D eigenvalue weighted by atomic mass is 16.5. The van der Waals surface area contributed by atoms with Crippen LogP contribution in [0, 0.1) is 0 Å². The Morgan fingerprint density at radius 1 is 1.17 bits per heavy atom. The van der Waals surface area contributed by atoms with Crippen molar-refractivity contribution in [2.24, 2.45) is 0 Å². The Morgan fingerprint density at radius 2 is 1.79 bits per heavy atom. The molecule has 0 heterocycles. The SMILES string of the molecule is CCCCN(CCCC)c1ccc(/C(C)=C/C(=O)OCC)cc1N. The standard InChI is InChI=1S/C20H32N2O2/c1-5-8-12-22(13-9-6-2)19-11-10-17(15-18(19)21)16(4)14-20(23)24-7-3/h10-11,14-15H,5-9,12-13,21H2,1-4H3/b16-14+. The second-order valence-corrected chi connectivity index (χ2v) is 6.05. The molecule has 0 atom stereocenters. The molecule has 0 aliphatic heterocycles. The smallest absolute Gasteiger partial charge is 0.331 e. The van der Waals surface area contributed by atoms with Gasteiger partial charge in [-0.3, -0.25) is 0 Å². The van der Waals surface area contributed by atoms with E-state index in [4.69, 9.17) is 10.5 Å². The van der Waals surface area contributed by atoms with Crippen molar-refractivity contribution in [2.45, 2.75) is 53.4 Å². The first-order chi connectivity index (χ1) is 11.5. The summed E-state index contributed by atoms with van der Waals surface area (Å²) in [6.07, 6.45) is 6.17. The van der Waals surface area contributed by atoms with Gasteiger partial charge in [-0.1, -0.05) is 32.8 Å². The summed E-state index contributed by atoms with van der Waals surface area (Å²) in [7, 11) is 0. The second kappa shape index (κ2) is 10.7. The molecule has 1 aromatic carbocycles. The third-order valence-corrected chi connectivity index (χ3v) is 4.01. The van der Waals surface area contributed by atoms with E-state index in [0.29, 0.717) is 6.61 Å². The summed E-state index contributed by atoms with van der Waals surface area (Å²) in [5, 5.41) is 0.